The van der Waals surface area contributed by atoms with Crippen molar-refractivity contribution in [1.82, 2.24) is 14.8 Å². The second-order valence-electron chi connectivity index (χ2n) is 5.49. The monoisotopic (exact) mass is 351 g/mol. The molecule has 0 radical (unpaired) electrons. The Hall–Kier alpha value is -0.810. The van der Waals surface area contributed by atoms with E-state index in [1.807, 2.05) is 12.1 Å². The van der Waals surface area contributed by atoms with Crippen molar-refractivity contribution in [2.24, 2.45) is 0 Å². The summed E-state index contributed by atoms with van der Waals surface area (Å²) in [5.41, 5.74) is 2.55. The lowest BCUT2D eigenvalue weighted by molar-refractivity contribution is 0.0617. The second kappa shape index (κ2) is 4.60. The lowest BCUT2D eigenvalue weighted by Crippen LogP contribution is -2.54. The number of halogens is 2. The Bertz CT molecular complexity index is 652. The number of rotatable bonds is 1. The third-order valence-electron chi connectivity index (χ3n) is 4.37. The Labute approximate surface area is 131 Å². The SMILES string of the molecule is Clc1ccc(C23Cn4cc(Br)cc4CN2CCN3)cc1. The molecule has 1 fully saturated rings. The van der Waals surface area contributed by atoms with Gasteiger partial charge >= 0.3 is 0 Å². The molecule has 0 amide bonds. The molecule has 1 atom stereocenters. The smallest absolute Gasteiger partial charge is 0.116 e. The van der Waals surface area contributed by atoms with Gasteiger partial charge in [-0.05, 0) is 39.7 Å². The van der Waals surface area contributed by atoms with Gasteiger partial charge in [0.1, 0.15) is 5.66 Å². The first-order chi connectivity index (χ1) is 9.67. The molecule has 104 valence electrons. The van der Waals surface area contributed by atoms with E-state index in [4.69, 9.17) is 11.6 Å². The Morgan fingerprint density at radius 1 is 1.25 bits per heavy atom. The molecule has 4 rings (SSSR count). The standard InChI is InChI=1S/C15H15BrClN3/c16-12-7-14-9-20-6-5-18-15(20,10-19(14)8-12)11-1-3-13(17)4-2-11/h1-4,7-8,18H,5-6,9-10H2. The maximum absolute atomic E-state index is 6.03. The topological polar surface area (TPSA) is 20.2 Å². The molecule has 3 nitrogen and oxygen atoms in total. The first-order valence-corrected chi connectivity index (χ1v) is 7.95. The molecule has 2 aliphatic rings. The van der Waals surface area contributed by atoms with Gasteiger partial charge in [-0.2, -0.15) is 0 Å². The van der Waals surface area contributed by atoms with Crippen molar-refractivity contribution in [3.8, 4) is 0 Å². The average Bonchev–Trinajstić information content (AvgIpc) is 2.98. The molecule has 2 aliphatic heterocycles. The number of nitrogens with zero attached hydrogens (tertiary/aromatic N) is 2. The van der Waals surface area contributed by atoms with Crippen LogP contribution in [0.2, 0.25) is 5.02 Å². The number of fused-ring (bicyclic) bond motifs is 2. The Morgan fingerprint density at radius 2 is 2.05 bits per heavy atom. The van der Waals surface area contributed by atoms with Crippen molar-refractivity contribution in [2.45, 2.75) is 18.8 Å². The highest BCUT2D eigenvalue weighted by atomic mass is 79.9. The van der Waals surface area contributed by atoms with Crippen molar-refractivity contribution >= 4 is 27.5 Å². The molecular formula is C15H15BrClN3. The molecule has 0 aliphatic carbocycles. The van der Waals surface area contributed by atoms with E-state index in [0.717, 1.165) is 35.7 Å². The van der Waals surface area contributed by atoms with Gasteiger partial charge in [-0.1, -0.05) is 23.7 Å². The van der Waals surface area contributed by atoms with Gasteiger partial charge in [0.2, 0.25) is 0 Å². The minimum atomic E-state index is -0.101. The van der Waals surface area contributed by atoms with E-state index in [9.17, 15) is 0 Å². The van der Waals surface area contributed by atoms with E-state index in [2.05, 4.69) is 55.1 Å². The molecule has 3 heterocycles. The molecule has 1 aromatic carbocycles. The number of hydrogen-bond donors (Lipinski definition) is 1. The van der Waals surface area contributed by atoms with E-state index in [-0.39, 0.29) is 5.66 Å². The zero-order valence-corrected chi connectivity index (χ0v) is 13.3. The van der Waals surface area contributed by atoms with Crippen molar-refractivity contribution in [1.29, 1.82) is 0 Å². The van der Waals surface area contributed by atoms with Gasteiger partial charge in [0.25, 0.3) is 0 Å². The highest BCUT2D eigenvalue weighted by Crippen LogP contribution is 2.37. The van der Waals surface area contributed by atoms with Crippen LogP contribution in [0.4, 0.5) is 0 Å². The fourth-order valence-electron chi connectivity index (χ4n) is 3.41. The molecular weight excluding hydrogens is 338 g/mol. The van der Waals surface area contributed by atoms with Crippen LogP contribution in [0.15, 0.2) is 41.0 Å². The van der Waals surface area contributed by atoms with E-state index in [1.165, 1.54) is 11.3 Å². The highest BCUT2D eigenvalue weighted by Gasteiger charge is 2.45. The minimum Gasteiger partial charge on any atom is -0.345 e. The van der Waals surface area contributed by atoms with Gasteiger partial charge in [0, 0.05) is 41.0 Å². The van der Waals surface area contributed by atoms with E-state index < -0.39 is 0 Å². The Morgan fingerprint density at radius 3 is 2.85 bits per heavy atom. The third kappa shape index (κ3) is 1.86. The number of nitrogens with one attached hydrogen (secondary N) is 1. The van der Waals surface area contributed by atoms with Crippen LogP contribution >= 0.6 is 27.5 Å². The average molecular weight is 353 g/mol. The summed E-state index contributed by atoms with van der Waals surface area (Å²) in [5, 5.41) is 4.49. The van der Waals surface area contributed by atoms with Crippen LogP contribution < -0.4 is 5.32 Å². The van der Waals surface area contributed by atoms with Crippen molar-refractivity contribution < 1.29 is 0 Å². The van der Waals surface area contributed by atoms with E-state index in [0.29, 0.717) is 0 Å². The maximum atomic E-state index is 6.03. The van der Waals surface area contributed by atoms with Crippen LogP contribution in [0.25, 0.3) is 0 Å². The zero-order chi connectivity index (χ0) is 13.7. The molecule has 1 unspecified atom stereocenters. The summed E-state index contributed by atoms with van der Waals surface area (Å²) in [7, 11) is 0. The van der Waals surface area contributed by atoms with Crippen LogP contribution in [0.1, 0.15) is 11.3 Å². The largest absolute Gasteiger partial charge is 0.345 e. The second-order valence-corrected chi connectivity index (χ2v) is 6.85. The summed E-state index contributed by atoms with van der Waals surface area (Å²) in [4.78, 5) is 2.53. The quantitative estimate of drug-likeness (QED) is 0.850. The molecule has 20 heavy (non-hydrogen) atoms. The van der Waals surface area contributed by atoms with Gasteiger partial charge < -0.3 is 4.57 Å². The first-order valence-electron chi connectivity index (χ1n) is 6.78. The van der Waals surface area contributed by atoms with Crippen LogP contribution in [0, 0.1) is 0 Å². The van der Waals surface area contributed by atoms with Gasteiger partial charge in [-0.15, -0.1) is 0 Å². The molecule has 2 aromatic rings. The number of hydrogen-bond acceptors (Lipinski definition) is 2. The summed E-state index contributed by atoms with van der Waals surface area (Å²) < 4.78 is 3.49. The van der Waals surface area contributed by atoms with Crippen molar-refractivity contribution in [3.63, 3.8) is 0 Å². The molecule has 1 aromatic heterocycles. The fourth-order valence-corrected chi connectivity index (χ4v) is 4.05. The molecule has 0 saturated carbocycles. The maximum Gasteiger partial charge on any atom is 0.116 e. The molecule has 5 heteroatoms. The molecule has 0 spiro atoms. The van der Waals surface area contributed by atoms with Crippen LogP contribution in [-0.4, -0.2) is 22.6 Å². The Kier molecular flexibility index (Phi) is 2.96. The van der Waals surface area contributed by atoms with Gasteiger partial charge in [-0.25, -0.2) is 0 Å². The first kappa shape index (κ1) is 12.9. The zero-order valence-electron chi connectivity index (χ0n) is 10.9. The molecule has 1 saturated heterocycles. The van der Waals surface area contributed by atoms with Crippen LogP contribution in [-0.2, 0) is 18.8 Å². The van der Waals surface area contributed by atoms with Gasteiger partial charge in [0.05, 0.1) is 6.54 Å². The normalized spacial score (nSPS) is 25.5. The lowest BCUT2D eigenvalue weighted by Gasteiger charge is -2.43. The summed E-state index contributed by atoms with van der Waals surface area (Å²) >= 11 is 9.61. The van der Waals surface area contributed by atoms with Crippen molar-refractivity contribution in [2.75, 3.05) is 13.1 Å². The van der Waals surface area contributed by atoms with Gasteiger partial charge in [0.15, 0.2) is 0 Å². The third-order valence-corrected chi connectivity index (χ3v) is 5.05. The fraction of sp³-hybridized carbons (Fsp3) is 0.333. The molecule has 1 N–H and O–H groups in total. The van der Waals surface area contributed by atoms with E-state index >= 15 is 0 Å². The predicted octanol–water partition coefficient (Wildman–Crippen LogP) is 3.18. The van der Waals surface area contributed by atoms with Gasteiger partial charge in [-0.3, -0.25) is 10.2 Å². The van der Waals surface area contributed by atoms with Crippen LogP contribution in [0.5, 0.6) is 0 Å². The lowest BCUT2D eigenvalue weighted by atomic mass is 9.96. The van der Waals surface area contributed by atoms with E-state index in [1.54, 1.807) is 0 Å². The summed E-state index contributed by atoms with van der Waals surface area (Å²) in [6.45, 7) is 4.00. The van der Waals surface area contributed by atoms with Crippen LogP contribution in [0.3, 0.4) is 0 Å². The number of benzene rings is 1. The highest BCUT2D eigenvalue weighted by molar-refractivity contribution is 9.10. The number of aromatic nitrogens is 1. The predicted molar refractivity (Wildman–Crippen MR) is 83.7 cm³/mol. The molecule has 0 bridgehead atoms. The summed E-state index contributed by atoms with van der Waals surface area (Å²) in [6.07, 6.45) is 2.17. The minimum absolute atomic E-state index is 0.101. The summed E-state index contributed by atoms with van der Waals surface area (Å²) in [5.74, 6) is 0. The van der Waals surface area contributed by atoms with Crippen molar-refractivity contribution in [3.05, 3.63) is 57.3 Å². The Balaban J connectivity index is 1.80. The summed E-state index contributed by atoms with van der Waals surface area (Å²) in [6, 6.07) is 10.4.